The number of carbonyl (C=O) groups excluding carboxylic acids is 2. The molecule has 128 valence electrons. The van der Waals surface area contributed by atoms with Crippen molar-refractivity contribution in [2.75, 3.05) is 26.1 Å². The van der Waals surface area contributed by atoms with Crippen molar-refractivity contribution in [1.29, 1.82) is 0 Å². The Morgan fingerprint density at radius 3 is 2.48 bits per heavy atom. The molecule has 0 heterocycles. The highest BCUT2D eigenvalue weighted by atomic mass is 16.5. The lowest BCUT2D eigenvalue weighted by Crippen LogP contribution is -2.42. The standard InChI is InChI=1S/C17H26N2O4/c1-11(2)8-14(17(21)23-5)18-10-16(20)19-13-9-12(3)6-7-15(13)22-4/h6-7,9,11,14,18H,8,10H2,1-5H3,(H,19,20). The summed E-state index contributed by atoms with van der Waals surface area (Å²) in [4.78, 5) is 23.8. The predicted octanol–water partition coefficient (Wildman–Crippen LogP) is 2.12. The molecule has 0 spiro atoms. The van der Waals surface area contributed by atoms with Crippen molar-refractivity contribution >= 4 is 17.6 Å². The molecule has 6 nitrogen and oxygen atoms in total. The van der Waals surface area contributed by atoms with Gasteiger partial charge in [0.1, 0.15) is 11.8 Å². The minimum Gasteiger partial charge on any atom is -0.495 e. The number of carbonyl (C=O) groups is 2. The van der Waals surface area contributed by atoms with Gasteiger partial charge in [-0.2, -0.15) is 0 Å². The van der Waals surface area contributed by atoms with Gasteiger partial charge in [0.15, 0.2) is 0 Å². The maximum Gasteiger partial charge on any atom is 0.322 e. The molecule has 0 aliphatic heterocycles. The van der Waals surface area contributed by atoms with Gasteiger partial charge in [0.05, 0.1) is 26.5 Å². The van der Waals surface area contributed by atoms with Crippen LogP contribution in [0.1, 0.15) is 25.8 Å². The summed E-state index contributed by atoms with van der Waals surface area (Å²) >= 11 is 0. The molecule has 1 aromatic rings. The van der Waals surface area contributed by atoms with E-state index in [0.717, 1.165) is 5.56 Å². The Bertz CT molecular complexity index is 543. The van der Waals surface area contributed by atoms with Gasteiger partial charge in [0.25, 0.3) is 0 Å². The lowest BCUT2D eigenvalue weighted by atomic mass is 10.0. The first-order chi connectivity index (χ1) is 10.9. The number of methoxy groups -OCH3 is 2. The number of esters is 1. The zero-order valence-corrected chi connectivity index (χ0v) is 14.4. The van der Waals surface area contributed by atoms with Gasteiger partial charge in [-0.25, -0.2) is 0 Å². The summed E-state index contributed by atoms with van der Waals surface area (Å²) < 4.78 is 9.99. The van der Waals surface area contributed by atoms with Gasteiger partial charge < -0.3 is 14.8 Å². The number of anilines is 1. The normalized spacial score (nSPS) is 11.9. The highest BCUT2D eigenvalue weighted by molar-refractivity contribution is 5.94. The molecule has 2 N–H and O–H groups in total. The van der Waals surface area contributed by atoms with Crippen LogP contribution in [0.5, 0.6) is 5.75 Å². The van der Waals surface area contributed by atoms with Gasteiger partial charge in [-0.05, 0) is 37.0 Å². The molecule has 0 radical (unpaired) electrons. The van der Waals surface area contributed by atoms with Gasteiger partial charge in [-0.15, -0.1) is 0 Å². The van der Waals surface area contributed by atoms with E-state index >= 15 is 0 Å². The summed E-state index contributed by atoms with van der Waals surface area (Å²) in [5.41, 5.74) is 1.62. The molecule has 0 aromatic heterocycles. The van der Waals surface area contributed by atoms with Gasteiger partial charge in [-0.3, -0.25) is 14.9 Å². The van der Waals surface area contributed by atoms with E-state index in [1.165, 1.54) is 7.11 Å². The number of hydrogen-bond donors (Lipinski definition) is 2. The van der Waals surface area contributed by atoms with Gasteiger partial charge in [0.2, 0.25) is 5.91 Å². The van der Waals surface area contributed by atoms with Crippen LogP contribution in [-0.4, -0.2) is 38.7 Å². The van der Waals surface area contributed by atoms with Crippen LogP contribution < -0.4 is 15.4 Å². The maximum absolute atomic E-state index is 12.1. The molecular formula is C17H26N2O4. The number of ether oxygens (including phenoxy) is 2. The van der Waals surface area contributed by atoms with Crippen molar-refractivity contribution in [1.82, 2.24) is 5.32 Å². The first-order valence-corrected chi connectivity index (χ1v) is 7.63. The van der Waals surface area contributed by atoms with Crippen molar-refractivity contribution in [3.05, 3.63) is 23.8 Å². The number of nitrogens with one attached hydrogen (secondary N) is 2. The molecule has 1 rings (SSSR count). The van der Waals surface area contributed by atoms with Crippen molar-refractivity contribution in [2.24, 2.45) is 5.92 Å². The quantitative estimate of drug-likeness (QED) is 0.717. The lowest BCUT2D eigenvalue weighted by Gasteiger charge is -2.18. The SMILES string of the molecule is COC(=O)C(CC(C)C)NCC(=O)Nc1cc(C)ccc1OC. The fourth-order valence-electron chi connectivity index (χ4n) is 2.21. The third-order valence-corrected chi connectivity index (χ3v) is 3.33. The molecule has 0 fully saturated rings. The van der Waals surface area contributed by atoms with Gasteiger partial charge in [-0.1, -0.05) is 19.9 Å². The van der Waals surface area contributed by atoms with Crippen molar-refractivity contribution in [3.63, 3.8) is 0 Å². The van der Waals surface area contributed by atoms with Crippen LogP contribution in [-0.2, 0) is 14.3 Å². The zero-order valence-electron chi connectivity index (χ0n) is 14.4. The summed E-state index contributed by atoms with van der Waals surface area (Å²) in [5, 5.41) is 5.74. The van der Waals surface area contributed by atoms with Gasteiger partial charge >= 0.3 is 5.97 Å². The Morgan fingerprint density at radius 1 is 1.22 bits per heavy atom. The maximum atomic E-state index is 12.1. The van der Waals surface area contributed by atoms with Crippen LogP contribution in [0.15, 0.2) is 18.2 Å². The molecule has 0 saturated heterocycles. The summed E-state index contributed by atoms with van der Waals surface area (Å²) in [6.07, 6.45) is 0.605. The molecule has 1 amide bonds. The Balaban J connectivity index is 2.65. The number of amides is 1. The van der Waals surface area contributed by atoms with E-state index in [-0.39, 0.29) is 18.4 Å². The Labute approximate surface area is 137 Å². The third kappa shape index (κ3) is 6.28. The number of rotatable bonds is 8. The first kappa shape index (κ1) is 19.0. The minimum atomic E-state index is -0.495. The topological polar surface area (TPSA) is 76.7 Å². The first-order valence-electron chi connectivity index (χ1n) is 7.63. The largest absolute Gasteiger partial charge is 0.495 e. The van der Waals surface area contributed by atoms with E-state index in [9.17, 15) is 9.59 Å². The smallest absolute Gasteiger partial charge is 0.322 e. The van der Waals surface area contributed by atoms with E-state index in [4.69, 9.17) is 9.47 Å². The van der Waals surface area contributed by atoms with E-state index < -0.39 is 6.04 Å². The molecule has 1 atom stereocenters. The molecule has 0 aliphatic rings. The van der Waals surface area contributed by atoms with Crippen LogP contribution >= 0.6 is 0 Å². The van der Waals surface area contributed by atoms with Gasteiger partial charge in [0, 0.05) is 0 Å². The molecule has 0 saturated carbocycles. The molecule has 0 bridgehead atoms. The fourth-order valence-corrected chi connectivity index (χ4v) is 2.21. The monoisotopic (exact) mass is 322 g/mol. The van der Waals surface area contributed by atoms with Crippen molar-refractivity contribution < 1.29 is 19.1 Å². The van der Waals surface area contributed by atoms with E-state index in [1.807, 2.05) is 32.9 Å². The van der Waals surface area contributed by atoms with Crippen LogP contribution in [0.25, 0.3) is 0 Å². The number of benzene rings is 1. The van der Waals surface area contributed by atoms with Crippen LogP contribution in [0, 0.1) is 12.8 Å². The van der Waals surface area contributed by atoms with E-state index in [0.29, 0.717) is 23.8 Å². The molecule has 6 heteroatoms. The van der Waals surface area contributed by atoms with Crippen molar-refractivity contribution in [2.45, 2.75) is 33.2 Å². The summed E-state index contributed by atoms with van der Waals surface area (Å²) in [6, 6.07) is 5.05. The molecular weight excluding hydrogens is 296 g/mol. The van der Waals surface area contributed by atoms with Crippen LogP contribution in [0.2, 0.25) is 0 Å². The van der Waals surface area contributed by atoms with E-state index in [1.54, 1.807) is 13.2 Å². The molecule has 1 aromatic carbocycles. The second-order valence-electron chi connectivity index (χ2n) is 5.84. The fraction of sp³-hybridized carbons (Fsp3) is 0.529. The summed E-state index contributed by atoms with van der Waals surface area (Å²) in [5.74, 6) is 0.299. The number of aryl methyl sites for hydroxylation is 1. The Kier molecular flexibility index (Phi) is 7.54. The second-order valence-corrected chi connectivity index (χ2v) is 5.84. The lowest BCUT2D eigenvalue weighted by molar-refractivity contribution is -0.143. The Morgan fingerprint density at radius 2 is 1.91 bits per heavy atom. The van der Waals surface area contributed by atoms with E-state index in [2.05, 4.69) is 10.6 Å². The zero-order chi connectivity index (χ0) is 17.4. The highest BCUT2D eigenvalue weighted by Crippen LogP contribution is 2.24. The summed E-state index contributed by atoms with van der Waals surface area (Å²) in [7, 11) is 2.89. The van der Waals surface area contributed by atoms with Crippen molar-refractivity contribution in [3.8, 4) is 5.75 Å². The Hall–Kier alpha value is -2.08. The molecule has 23 heavy (non-hydrogen) atoms. The number of hydrogen-bond acceptors (Lipinski definition) is 5. The van der Waals surface area contributed by atoms with Crippen LogP contribution in [0.4, 0.5) is 5.69 Å². The molecule has 1 unspecified atom stereocenters. The second kappa shape index (κ2) is 9.15. The van der Waals surface area contributed by atoms with Crippen LogP contribution in [0.3, 0.4) is 0 Å². The molecule has 0 aliphatic carbocycles. The summed E-state index contributed by atoms with van der Waals surface area (Å²) in [6.45, 7) is 5.97. The average Bonchev–Trinajstić information content (AvgIpc) is 2.50. The highest BCUT2D eigenvalue weighted by Gasteiger charge is 2.21. The third-order valence-electron chi connectivity index (χ3n) is 3.33. The predicted molar refractivity (Wildman–Crippen MR) is 89.6 cm³/mol. The minimum absolute atomic E-state index is 0.0174. The average molecular weight is 322 g/mol.